The zero-order valence-corrected chi connectivity index (χ0v) is 17.6. The van der Waals surface area contributed by atoms with Crippen LogP contribution in [0.2, 0.25) is 0 Å². The Morgan fingerprint density at radius 1 is 1.28 bits per heavy atom. The first kappa shape index (κ1) is 21.6. The first-order chi connectivity index (χ1) is 13.7. The van der Waals surface area contributed by atoms with Crippen LogP contribution >= 0.6 is 11.3 Å². The van der Waals surface area contributed by atoms with E-state index in [4.69, 9.17) is 0 Å². The molecule has 0 aliphatic carbocycles. The Labute approximate surface area is 173 Å². The smallest absolute Gasteiger partial charge is 0.352 e. The number of nitrogens with zero attached hydrogens (tertiary/aromatic N) is 3. The SMILES string of the molecule is CN=C(NCc1nc(C)c(C)s1)NC1CCN(Cc2ccc(C(F)(F)F)cc2)C1. The first-order valence-corrected chi connectivity index (χ1v) is 10.3. The van der Waals surface area contributed by atoms with E-state index in [2.05, 4.69) is 32.4 Å². The van der Waals surface area contributed by atoms with Crippen LogP contribution in [0.5, 0.6) is 0 Å². The van der Waals surface area contributed by atoms with E-state index in [9.17, 15) is 13.2 Å². The van der Waals surface area contributed by atoms with Gasteiger partial charge in [-0.2, -0.15) is 13.2 Å². The number of benzene rings is 1. The van der Waals surface area contributed by atoms with Crippen molar-refractivity contribution in [3.05, 3.63) is 51.0 Å². The number of thiazole rings is 1. The highest BCUT2D eigenvalue weighted by atomic mass is 32.1. The molecule has 1 aromatic heterocycles. The number of nitrogens with one attached hydrogen (secondary N) is 2. The molecule has 158 valence electrons. The third kappa shape index (κ3) is 5.93. The zero-order chi connectivity index (χ0) is 21.0. The first-order valence-electron chi connectivity index (χ1n) is 9.53. The van der Waals surface area contributed by atoms with Crippen LogP contribution in [-0.4, -0.2) is 42.0 Å². The van der Waals surface area contributed by atoms with Crippen molar-refractivity contribution in [1.29, 1.82) is 0 Å². The second kappa shape index (κ2) is 9.13. The molecule has 0 bridgehead atoms. The summed E-state index contributed by atoms with van der Waals surface area (Å²) in [5.74, 6) is 0.733. The summed E-state index contributed by atoms with van der Waals surface area (Å²) in [5, 5.41) is 7.75. The number of hydrogen-bond acceptors (Lipinski definition) is 4. The average molecular weight is 426 g/mol. The minimum atomic E-state index is -4.29. The van der Waals surface area contributed by atoms with E-state index in [1.165, 1.54) is 4.88 Å². The van der Waals surface area contributed by atoms with Gasteiger partial charge in [-0.1, -0.05) is 12.1 Å². The van der Waals surface area contributed by atoms with E-state index in [-0.39, 0.29) is 6.04 Å². The summed E-state index contributed by atoms with van der Waals surface area (Å²) < 4.78 is 38.1. The van der Waals surface area contributed by atoms with Crippen molar-refractivity contribution in [2.45, 2.75) is 45.6 Å². The van der Waals surface area contributed by atoms with E-state index in [1.807, 2.05) is 6.92 Å². The summed E-state index contributed by atoms with van der Waals surface area (Å²) in [6.45, 7) is 7.04. The Kier molecular flexibility index (Phi) is 6.79. The molecular formula is C20H26F3N5S. The lowest BCUT2D eigenvalue weighted by atomic mass is 10.1. The summed E-state index contributed by atoms with van der Waals surface area (Å²) in [5.41, 5.74) is 1.34. The van der Waals surface area contributed by atoms with Gasteiger partial charge in [-0.3, -0.25) is 9.89 Å². The van der Waals surface area contributed by atoms with Gasteiger partial charge < -0.3 is 10.6 Å². The van der Waals surface area contributed by atoms with E-state index in [0.29, 0.717) is 13.1 Å². The van der Waals surface area contributed by atoms with Gasteiger partial charge in [0.25, 0.3) is 0 Å². The molecule has 2 heterocycles. The molecule has 0 amide bonds. The molecule has 1 atom stereocenters. The maximum Gasteiger partial charge on any atom is 0.416 e. The van der Waals surface area contributed by atoms with Crippen molar-refractivity contribution >= 4 is 17.3 Å². The molecule has 1 fully saturated rings. The standard InChI is InChI=1S/C20H26F3N5S/c1-13-14(2)29-18(26-13)10-25-19(24-3)27-17-8-9-28(12-17)11-15-4-6-16(7-5-15)20(21,22)23/h4-7,17H,8-12H2,1-3H3,(H2,24,25,27). The second-order valence-electron chi connectivity index (χ2n) is 7.23. The highest BCUT2D eigenvalue weighted by Crippen LogP contribution is 2.29. The quantitative estimate of drug-likeness (QED) is 0.566. The van der Waals surface area contributed by atoms with Gasteiger partial charge in [0, 0.05) is 37.6 Å². The minimum absolute atomic E-state index is 0.246. The van der Waals surface area contributed by atoms with Gasteiger partial charge >= 0.3 is 6.18 Å². The summed E-state index contributed by atoms with van der Waals surface area (Å²) >= 11 is 1.68. The van der Waals surface area contributed by atoms with Crippen LogP contribution in [0.1, 0.15) is 33.1 Å². The number of hydrogen-bond donors (Lipinski definition) is 2. The monoisotopic (exact) mass is 425 g/mol. The van der Waals surface area contributed by atoms with Gasteiger partial charge in [-0.25, -0.2) is 4.98 Å². The maximum absolute atomic E-state index is 12.7. The van der Waals surface area contributed by atoms with Crippen molar-refractivity contribution in [3.63, 3.8) is 0 Å². The Morgan fingerprint density at radius 2 is 2.00 bits per heavy atom. The fraction of sp³-hybridized carbons (Fsp3) is 0.500. The van der Waals surface area contributed by atoms with Crippen LogP contribution < -0.4 is 10.6 Å². The second-order valence-corrected chi connectivity index (χ2v) is 8.52. The van der Waals surface area contributed by atoms with E-state index in [0.717, 1.165) is 53.9 Å². The number of aromatic nitrogens is 1. The fourth-order valence-corrected chi connectivity index (χ4v) is 4.19. The lowest BCUT2D eigenvalue weighted by Crippen LogP contribution is -2.44. The Balaban J connectivity index is 1.47. The number of aliphatic imine (C=N–C) groups is 1. The average Bonchev–Trinajstić information content (AvgIpc) is 3.24. The molecule has 1 saturated heterocycles. The Hall–Kier alpha value is -2.13. The highest BCUT2D eigenvalue weighted by molar-refractivity contribution is 7.11. The molecule has 0 saturated carbocycles. The molecule has 2 aromatic rings. The van der Waals surface area contributed by atoms with Gasteiger partial charge in [0.05, 0.1) is 17.8 Å². The lowest BCUT2D eigenvalue weighted by molar-refractivity contribution is -0.137. The summed E-state index contributed by atoms with van der Waals surface area (Å²) in [7, 11) is 1.74. The fourth-order valence-electron chi connectivity index (χ4n) is 3.31. The molecule has 29 heavy (non-hydrogen) atoms. The van der Waals surface area contributed by atoms with Crippen molar-refractivity contribution in [2.24, 2.45) is 4.99 Å². The summed E-state index contributed by atoms with van der Waals surface area (Å²) in [4.78, 5) is 12.3. The number of alkyl halides is 3. The van der Waals surface area contributed by atoms with Crippen LogP contribution in [0.25, 0.3) is 0 Å². The molecule has 1 aromatic carbocycles. The number of likely N-dealkylation sites (tertiary alicyclic amines) is 1. The van der Waals surface area contributed by atoms with Crippen molar-refractivity contribution in [3.8, 4) is 0 Å². The molecule has 0 spiro atoms. The van der Waals surface area contributed by atoms with Crippen molar-refractivity contribution in [2.75, 3.05) is 20.1 Å². The molecule has 9 heteroatoms. The van der Waals surface area contributed by atoms with Gasteiger partial charge in [-0.15, -0.1) is 11.3 Å². The predicted octanol–water partition coefficient (Wildman–Crippen LogP) is 3.72. The Morgan fingerprint density at radius 3 is 2.59 bits per heavy atom. The van der Waals surface area contributed by atoms with Crippen LogP contribution in [0.15, 0.2) is 29.3 Å². The van der Waals surface area contributed by atoms with Crippen LogP contribution in [0, 0.1) is 13.8 Å². The minimum Gasteiger partial charge on any atom is -0.352 e. The zero-order valence-electron chi connectivity index (χ0n) is 16.8. The van der Waals surface area contributed by atoms with Crippen molar-refractivity contribution < 1.29 is 13.2 Å². The van der Waals surface area contributed by atoms with E-state index >= 15 is 0 Å². The van der Waals surface area contributed by atoms with E-state index < -0.39 is 11.7 Å². The van der Waals surface area contributed by atoms with Gasteiger partial charge in [-0.05, 0) is 38.0 Å². The van der Waals surface area contributed by atoms with Gasteiger partial charge in [0.2, 0.25) is 0 Å². The molecule has 2 N–H and O–H groups in total. The van der Waals surface area contributed by atoms with Gasteiger partial charge in [0.15, 0.2) is 5.96 Å². The molecular weight excluding hydrogens is 399 g/mol. The number of guanidine groups is 1. The molecule has 1 unspecified atom stereocenters. The Bertz CT molecular complexity index is 825. The predicted molar refractivity (Wildman–Crippen MR) is 110 cm³/mol. The van der Waals surface area contributed by atoms with Crippen LogP contribution in [0.4, 0.5) is 13.2 Å². The normalized spacial score (nSPS) is 18.3. The summed E-state index contributed by atoms with van der Waals surface area (Å²) in [6.07, 6.45) is -3.34. The lowest BCUT2D eigenvalue weighted by Gasteiger charge is -2.19. The van der Waals surface area contributed by atoms with Gasteiger partial charge in [0.1, 0.15) is 5.01 Å². The molecule has 3 rings (SSSR count). The highest BCUT2D eigenvalue weighted by Gasteiger charge is 2.30. The third-order valence-corrected chi connectivity index (χ3v) is 6.08. The van der Waals surface area contributed by atoms with Crippen LogP contribution in [-0.2, 0) is 19.3 Å². The summed E-state index contributed by atoms with van der Waals surface area (Å²) in [6, 6.07) is 5.66. The topological polar surface area (TPSA) is 52.6 Å². The molecule has 1 aliphatic rings. The number of rotatable bonds is 5. The molecule has 0 radical (unpaired) electrons. The van der Waals surface area contributed by atoms with Crippen molar-refractivity contribution in [1.82, 2.24) is 20.5 Å². The third-order valence-electron chi connectivity index (χ3n) is 5.00. The number of aryl methyl sites for hydroxylation is 2. The van der Waals surface area contributed by atoms with E-state index in [1.54, 1.807) is 30.5 Å². The molecule has 1 aliphatic heterocycles. The number of halogens is 3. The molecule has 5 nitrogen and oxygen atoms in total. The van der Waals surface area contributed by atoms with Crippen LogP contribution in [0.3, 0.4) is 0 Å². The maximum atomic E-state index is 12.7. The largest absolute Gasteiger partial charge is 0.416 e.